The van der Waals surface area contributed by atoms with Crippen molar-refractivity contribution in [3.8, 4) is 0 Å². The summed E-state index contributed by atoms with van der Waals surface area (Å²) in [6, 6.07) is 0. The zero-order valence-corrected chi connectivity index (χ0v) is 17.6. The molecule has 144 valence electrons. The van der Waals surface area contributed by atoms with Gasteiger partial charge in [-0.05, 0) is 24.8 Å². The van der Waals surface area contributed by atoms with E-state index in [9.17, 15) is 9.59 Å². The molecular weight excluding hydrogens is 398 g/mol. The molecule has 0 saturated heterocycles. The molecule has 0 saturated carbocycles. The SMILES string of the molecule is CCCCOC1=C(C(=O)OCC)N(CC(C)C)C=C2CC(=O)C(Br)C=C21. The van der Waals surface area contributed by atoms with E-state index in [-0.39, 0.29) is 16.6 Å². The van der Waals surface area contributed by atoms with E-state index in [0.29, 0.717) is 43.6 Å². The number of esters is 1. The van der Waals surface area contributed by atoms with E-state index in [1.807, 2.05) is 17.2 Å². The van der Waals surface area contributed by atoms with Crippen LogP contribution in [-0.2, 0) is 19.1 Å². The second kappa shape index (κ2) is 9.40. The van der Waals surface area contributed by atoms with Gasteiger partial charge in [-0.1, -0.05) is 49.2 Å². The van der Waals surface area contributed by atoms with Gasteiger partial charge < -0.3 is 14.4 Å². The second-order valence-electron chi connectivity index (χ2n) is 6.93. The van der Waals surface area contributed by atoms with Crippen molar-refractivity contribution >= 4 is 27.7 Å². The molecular formula is C20H28BrNO4. The Hall–Kier alpha value is -1.56. The van der Waals surface area contributed by atoms with Crippen molar-refractivity contribution in [1.82, 2.24) is 4.90 Å². The normalized spacial score (nSPS) is 20.0. The molecule has 0 radical (unpaired) electrons. The van der Waals surface area contributed by atoms with Crippen LogP contribution in [0, 0.1) is 5.92 Å². The third kappa shape index (κ3) is 4.78. The summed E-state index contributed by atoms with van der Waals surface area (Å²) < 4.78 is 11.4. The van der Waals surface area contributed by atoms with Crippen LogP contribution in [-0.4, -0.2) is 41.2 Å². The molecule has 1 unspecified atom stereocenters. The number of Topliss-reactive ketones (excluding diaryl/α,β-unsaturated/α-hetero) is 1. The van der Waals surface area contributed by atoms with Crippen molar-refractivity contribution in [1.29, 1.82) is 0 Å². The van der Waals surface area contributed by atoms with Crippen molar-refractivity contribution < 1.29 is 19.1 Å². The summed E-state index contributed by atoms with van der Waals surface area (Å²) in [4.78, 5) is 26.4. The number of hydrogen-bond donors (Lipinski definition) is 0. The minimum Gasteiger partial charge on any atom is -0.490 e. The molecule has 0 amide bonds. The fourth-order valence-electron chi connectivity index (χ4n) is 2.99. The lowest BCUT2D eigenvalue weighted by Gasteiger charge is -2.34. The molecule has 1 heterocycles. The third-order valence-corrected chi connectivity index (χ3v) is 4.94. The maximum Gasteiger partial charge on any atom is 0.358 e. The molecule has 2 aliphatic rings. The van der Waals surface area contributed by atoms with Gasteiger partial charge in [0, 0.05) is 24.7 Å². The van der Waals surface area contributed by atoms with Crippen LogP contribution in [0.1, 0.15) is 47.0 Å². The molecule has 0 N–H and O–H groups in total. The van der Waals surface area contributed by atoms with E-state index in [4.69, 9.17) is 9.47 Å². The fourth-order valence-corrected chi connectivity index (χ4v) is 3.41. The molecule has 6 heteroatoms. The van der Waals surface area contributed by atoms with Crippen LogP contribution in [0.4, 0.5) is 0 Å². The number of allylic oxidation sites excluding steroid dienone is 2. The number of ether oxygens (including phenoxy) is 2. The fraction of sp³-hybridized carbons (Fsp3) is 0.600. The molecule has 0 bridgehead atoms. The summed E-state index contributed by atoms with van der Waals surface area (Å²) >= 11 is 3.41. The predicted octanol–water partition coefficient (Wildman–Crippen LogP) is 4.10. The first-order valence-electron chi connectivity index (χ1n) is 9.29. The zero-order chi connectivity index (χ0) is 19.3. The minimum absolute atomic E-state index is 0.108. The lowest BCUT2D eigenvalue weighted by atomic mass is 9.88. The van der Waals surface area contributed by atoms with Gasteiger partial charge in [-0.3, -0.25) is 4.79 Å². The highest BCUT2D eigenvalue weighted by Gasteiger charge is 2.36. The summed E-state index contributed by atoms with van der Waals surface area (Å²) in [5, 5.41) is 0. The van der Waals surface area contributed by atoms with E-state index < -0.39 is 0 Å². The van der Waals surface area contributed by atoms with Crippen LogP contribution in [0.25, 0.3) is 0 Å². The van der Waals surface area contributed by atoms with Crippen LogP contribution in [0.3, 0.4) is 0 Å². The first-order valence-corrected chi connectivity index (χ1v) is 10.2. The largest absolute Gasteiger partial charge is 0.490 e. The number of carbonyl (C=O) groups excluding carboxylic acids is 2. The molecule has 0 aromatic heterocycles. The summed E-state index contributed by atoms with van der Waals surface area (Å²) in [5.41, 5.74) is 2.15. The number of alkyl halides is 1. The number of rotatable bonds is 8. The summed E-state index contributed by atoms with van der Waals surface area (Å²) in [6.07, 6.45) is 5.96. The van der Waals surface area contributed by atoms with Crippen molar-refractivity contribution in [3.05, 3.63) is 34.9 Å². The monoisotopic (exact) mass is 425 g/mol. The lowest BCUT2D eigenvalue weighted by molar-refractivity contribution is -0.140. The number of nitrogens with zero attached hydrogens (tertiary/aromatic N) is 1. The van der Waals surface area contributed by atoms with Gasteiger partial charge in [0.15, 0.2) is 17.2 Å². The van der Waals surface area contributed by atoms with Crippen LogP contribution >= 0.6 is 15.9 Å². The van der Waals surface area contributed by atoms with E-state index in [1.165, 1.54) is 0 Å². The Morgan fingerprint density at radius 2 is 2.12 bits per heavy atom. The molecule has 1 aliphatic carbocycles. The summed E-state index contributed by atoms with van der Waals surface area (Å²) in [6.45, 7) is 9.53. The van der Waals surface area contributed by atoms with Gasteiger partial charge in [0.1, 0.15) is 0 Å². The van der Waals surface area contributed by atoms with Gasteiger partial charge >= 0.3 is 5.97 Å². The quantitative estimate of drug-likeness (QED) is 0.332. The average Bonchev–Trinajstić information content (AvgIpc) is 2.56. The van der Waals surface area contributed by atoms with Gasteiger partial charge in [0.25, 0.3) is 0 Å². The van der Waals surface area contributed by atoms with Crippen molar-refractivity contribution in [2.75, 3.05) is 19.8 Å². The minimum atomic E-state index is -0.390. The Balaban J connectivity index is 2.53. The maximum absolute atomic E-state index is 12.7. The Kier molecular flexibility index (Phi) is 7.50. The van der Waals surface area contributed by atoms with Crippen LogP contribution in [0.2, 0.25) is 0 Å². The number of unbranched alkanes of at least 4 members (excludes halogenated alkanes) is 1. The first kappa shape index (κ1) is 20.7. The molecule has 0 aromatic carbocycles. The summed E-state index contributed by atoms with van der Waals surface area (Å²) in [5.74, 6) is 0.588. The topological polar surface area (TPSA) is 55.8 Å². The van der Waals surface area contributed by atoms with E-state index in [2.05, 4.69) is 36.7 Å². The average molecular weight is 426 g/mol. The Morgan fingerprint density at radius 1 is 1.38 bits per heavy atom. The van der Waals surface area contributed by atoms with Crippen molar-refractivity contribution in [2.24, 2.45) is 5.92 Å². The molecule has 0 aromatic rings. The van der Waals surface area contributed by atoms with Gasteiger partial charge in [-0.2, -0.15) is 0 Å². The maximum atomic E-state index is 12.7. The predicted molar refractivity (Wildman–Crippen MR) is 105 cm³/mol. The number of fused-ring (bicyclic) bond motifs is 1. The number of ketones is 1. The number of carbonyl (C=O) groups is 2. The standard InChI is InChI=1S/C20H28BrNO4/c1-5-7-8-26-19-15-10-16(21)17(23)9-14(15)12-22(11-13(3)4)18(19)20(24)25-6-2/h10,12-13,16H,5-9,11H2,1-4H3. The zero-order valence-electron chi connectivity index (χ0n) is 16.0. The smallest absolute Gasteiger partial charge is 0.358 e. The molecule has 0 fully saturated rings. The molecule has 1 atom stereocenters. The summed E-state index contributed by atoms with van der Waals surface area (Å²) in [7, 11) is 0. The first-order chi connectivity index (χ1) is 12.4. The van der Waals surface area contributed by atoms with E-state index in [1.54, 1.807) is 6.92 Å². The van der Waals surface area contributed by atoms with Gasteiger partial charge in [-0.25, -0.2) is 4.79 Å². The van der Waals surface area contributed by atoms with Crippen LogP contribution in [0.15, 0.2) is 34.9 Å². The van der Waals surface area contributed by atoms with Gasteiger partial charge in [0.05, 0.1) is 18.0 Å². The molecule has 1 aliphatic heterocycles. The van der Waals surface area contributed by atoms with E-state index in [0.717, 1.165) is 24.0 Å². The Morgan fingerprint density at radius 3 is 2.73 bits per heavy atom. The molecule has 5 nitrogen and oxygen atoms in total. The van der Waals surface area contributed by atoms with Crippen LogP contribution in [0.5, 0.6) is 0 Å². The van der Waals surface area contributed by atoms with Crippen molar-refractivity contribution in [2.45, 2.75) is 51.8 Å². The Bertz CT molecular complexity index is 648. The number of halogens is 1. The molecule has 2 rings (SSSR count). The highest BCUT2D eigenvalue weighted by atomic mass is 79.9. The second-order valence-corrected chi connectivity index (χ2v) is 7.91. The van der Waals surface area contributed by atoms with Crippen LogP contribution < -0.4 is 0 Å². The number of hydrogen-bond acceptors (Lipinski definition) is 5. The third-order valence-electron chi connectivity index (χ3n) is 4.16. The van der Waals surface area contributed by atoms with Gasteiger partial charge in [-0.15, -0.1) is 0 Å². The highest BCUT2D eigenvalue weighted by molar-refractivity contribution is 9.10. The molecule has 0 spiro atoms. The van der Waals surface area contributed by atoms with E-state index >= 15 is 0 Å². The Labute approximate surface area is 164 Å². The molecule has 26 heavy (non-hydrogen) atoms. The lowest BCUT2D eigenvalue weighted by Crippen LogP contribution is -2.35. The van der Waals surface area contributed by atoms with Crippen molar-refractivity contribution in [3.63, 3.8) is 0 Å². The van der Waals surface area contributed by atoms with Gasteiger partial charge in [0.2, 0.25) is 0 Å². The highest BCUT2D eigenvalue weighted by Crippen LogP contribution is 2.38.